The summed E-state index contributed by atoms with van der Waals surface area (Å²) in [5, 5.41) is 32.7. The largest absolute Gasteiger partial charge is 0.457 e. The minimum absolute atomic E-state index is 0.0109. The summed E-state index contributed by atoms with van der Waals surface area (Å²) in [4.78, 5) is 56.8. The van der Waals surface area contributed by atoms with E-state index in [1.165, 1.54) is 6.07 Å². The van der Waals surface area contributed by atoms with Crippen molar-refractivity contribution in [1.29, 1.82) is 0 Å². The molecular formula is C29H34N2O9. The Labute approximate surface area is 231 Å². The number of fused-ring (bicyclic) bond motifs is 5. The third-order valence-corrected chi connectivity index (χ3v) is 9.98. The number of aliphatic hydroxyl groups excluding tert-OH is 1. The number of pyridine rings is 1. The molecule has 0 aromatic carbocycles. The van der Waals surface area contributed by atoms with Crippen LogP contribution in [0.25, 0.3) is 0 Å². The SMILES string of the molecule is C[C@]12C=CC(=O)C=C1CC[C@@H]1[C@@H]2C(O)C[C@@]2(C)[C@H]1CC[C@]2(O)C(=O)COC(=O)Cc1cccc(CO[N+](=O)[O-])n1. The molecule has 0 radical (unpaired) electrons. The lowest BCUT2D eigenvalue weighted by molar-refractivity contribution is -0.763. The molecule has 0 bridgehead atoms. The summed E-state index contributed by atoms with van der Waals surface area (Å²) >= 11 is 0. The molecule has 40 heavy (non-hydrogen) atoms. The van der Waals surface area contributed by atoms with E-state index in [4.69, 9.17) is 4.74 Å². The van der Waals surface area contributed by atoms with Crippen LogP contribution < -0.4 is 0 Å². The van der Waals surface area contributed by atoms with Crippen molar-refractivity contribution in [2.75, 3.05) is 6.61 Å². The lowest BCUT2D eigenvalue weighted by Crippen LogP contribution is -2.61. The number of hydrogen-bond donors (Lipinski definition) is 2. The van der Waals surface area contributed by atoms with E-state index in [9.17, 15) is 34.7 Å². The second-order valence-corrected chi connectivity index (χ2v) is 12.0. The average molecular weight is 555 g/mol. The van der Waals surface area contributed by atoms with Gasteiger partial charge in [0.1, 0.15) is 12.2 Å². The summed E-state index contributed by atoms with van der Waals surface area (Å²) < 4.78 is 5.24. The predicted octanol–water partition coefficient (Wildman–Crippen LogP) is 2.45. The van der Waals surface area contributed by atoms with Crippen LogP contribution in [0.4, 0.5) is 0 Å². The van der Waals surface area contributed by atoms with Crippen molar-refractivity contribution in [3.05, 3.63) is 63.5 Å². The molecule has 4 aliphatic carbocycles. The van der Waals surface area contributed by atoms with Crippen LogP contribution in [0.2, 0.25) is 0 Å². The molecule has 2 N–H and O–H groups in total. The molecule has 0 aliphatic heterocycles. The van der Waals surface area contributed by atoms with Crippen LogP contribution in [-0.4, -0.2) is 56.1 Å². The molecule has 0 spiro atoms. The lowest BCUT2D eigenvalue weighted by Gasteiger charge is -2.59. The van der Waals surface area contributed by atoms with Crippen molar-refractivity contribution < 1.29 is 39.3 Å². The first kappa shape index (κ1) is 28.1. The Balaban J connectivity index is 1.25. The highest BCUT2D eigenvalue weighted by molar-refractivity contribution is 6.01. The summed E-state index contributed by atoms with van der Waals surface area (Å²) in [6.45, 7) is 2.96. The van der Waals surface area contributed by atoms with E-state index in [0.29, 0.717) is 12.1 Å². The fourth-order valence-corrected chi connectivity index (χ4v) is 8.08. The van der Waals surface area contributed by atoms with Gasteiger partial charge in [0.05, 0.1) is 23.9 Å². The number of Topliss-reactive ketones (excluding diaryl/α,β-unsaturated/α-hetero) is 1. The zero-order chi connectivity index (χ0) is 28.9. The van der Waals surface area contributed by atoms with Crippen molar-refractivity contribution >= 4 is 17.5 Å². The number of rotatable bonds is 8. The van der Waals surface area contributed by atoms with Crippen molar-refractivity contribution in [3.8, 4) is 0 Å². The van der Waals surface area contributed by atoms with Crippen LogP contribution in [0.3, 0.4) is 0 Å². The maximum atomic E-state index is 13.4. The Hall–Kier alpha value is -3.44. The number of carbonyl (C=O) groups is 3. The molecule has 11 nitrogen and oxygen atoms in total. The van der Waals surface area contributed by atoms with Crippen LogP contribution in [0.1, 0.15) is 57.3 Å². The van der Waals surface area contributed by atoms with Gasteiger partial charge in [-0.05, 0) is 68.2 Å². The summed E-state index contributed by atoms with van der Waals surface area (Å²) in [7, 11) is 0. The second kappa shape index (κ2) is 10.2. The van der Waals surface area contributed by atoms with E-state index in [1.54, 1.807) is 24.3 Å². The molecule has 0 saturated heterocycles. The van der Waals surface area contributed by atoms with Gasteiger partial charge in [0.25, 0.3) is 5.09 Å². The summed E-state index contributed by atoms with van der Waals surface area (Å²) in [5.41, 5.74) is -1.50. The first-order valence-corrected chi connectivity index (χ1v) is 13.6. The van der Waals surface area contributed by atoms with Crippen molar-refractivity contribution in [1.82, 2.24) is 4.98 Å². The van der Waals surface area contributed by atoms with Crippen LogP contribution in [-0.2, 0) is 37.0 Å². The van der Waals surface area contributed by atoms with Gasteiger partial charge in [-0.15, -0.1) is 10.1 Å². The number of ketones is 2. The van der Waals surface area contributed by atoms with E-state index < -0.39 is 46.0 Å². The van der Waals surface area contributed by atoms with E-state index in [-0.39, 0.29) is 55.1 Å². The first-order valence-electron chi connectivity index (χ1n) is 13.6. The fourth-order valence-electron chi connectivity index (χ4n) is 8.08. The van der Waals surface area contributed by atoms with Gasteiger partial charge in [-0.2, -0.15) is 0 Å². The Morgan fingerprint density at radius 2 is 1.98 bits per heavy atom. The number of aromatic nitrogens is 1. The maximum absolute atomic E-state index is 13.4. The van der Waals surface area contributed by atoms with E-state index >= 15 is 0 Å². The maximum Gasteiger partial charge on any atom is 0.312 e. The monoisotopic (exact) mass is 554 g/mol. The Kier molecular flexibility index (Phi) is 7.16. The molecule has 11 heteroatoms. The van der Waals surface area contributed by atoms with E-state index in [0.717, 1.165) is 18.4 Å². The average Bonchev–Trinajstić information content (AvgIpc) is 3.17. The minimum Gasteiger partial charge on any atom is -0.457 e. The van der Waals surface area contributed by atoms with Crippen molar-refractivity contribution in [2.45, 2.75) is 70.7 Å². The predicted molar refractivity (Wildman–Crippen MR) is 139 cm³/mol. The molecule has 1 heterocycles. The number of aliphatic hydroxyl groups is 2. The molecule has 5 rings (SSSR count). The Morgan fingerprint density at radius 1 is 1.23 bits per heavy atom. The highest BCUT2D eigenvalue weighted by Crippen LogP contribution is 2.67. The highest BCUT2D eigenvalue weighted by atomic mass is 16.9. The van der Waals surface area contributed by atoms with Gasteiger partial charge >= 0.3 is 5.97 Å². The van der Waals surface area contributed by atoms with Gasteiger partial charge < -0.3 is 19.8 Å². The fraction of sp³-hybridized carbons (Fsp3) is 0.586. The Bertz CT molecular complexity index is 1310. The third kappa shape index (κ3) is 4.64. The molecule has 3 fully saturated rings. The number of esters is 1. The lowest BCUT2D eigenvalue weighted by atomic mass is 9.46. The minimum atomic E-state index is -1.75. The van der Waals surface area contributed by atoms with Gasteiger partial charge in [-0.25, -0.2) is 0 Å². The van der Waals surface area contributed by atoms with Crippen LogP contribution >= 0.6 is 0 Å². The van der Waals surface area contributed by atoms with Gasteiger partial charge in [0, 0.05) is 16.7 Å². The smallest absolute Gasteiger partial charge is 0.312 e. The summed E-state index contributed by atoms with van der Waals surface area (Å²) in [6.07, 6.45) is 6.68. The second-order valence-electron chi connectivity index (χ2n) is 12.0. The highest BCUT2D eigenvalue weighted by Gasteiger charge is 2.68. The first-order chi connectivity index (χ1) is 18.9. The van der Waals surface area contributed by atoms with Crippen molar-refractivity contribution in [3.63, 3.8) is 0 Å². The molecule has 214 valence electrons. The summed E-state index contributed by atoms with van der Waals surface area (Å²) in [6, 6.07) is 4.65. The quantitative estimate of drug-likeness (QED) is 0.277. The van der Waals surface area contributed by atoms with Crippen molar-refractivity contribution in [2.24, 2.45) is 28.6 Å². The van der Waals surface area contributed by atoms with Crippen LogP contribution in [0.15, 0.2) is 42.0 Å². The molecular weight excluding hydrogens is 520 g/mol. The van der Waals surface area contributed by atoms with Gasteiger partial charge in [-0.3, -0.25) is 19.4 Å². The summed E-state index contributed by atoms with van der Waals surface area (Å²) in [5.74, 6) is -1.42. The molecule has 1 aromatic heterocycles. The van der Waals surface area contributed by atoms with Gasteiger partial charge in [-0.1, -0.05) is 31.6 Å². The zero-order valence-corrected chi connectivity index (χ0v) is 22.6. The molecule has 0 amide bonds. The topological polar surface area (TPSA) is 166 Å². The zero-order valence-electron chi connectivity index (χ0n) is 22.6. The molecule has 3 saturated carbocycles. The molecule has 4 aliphatic rings. The number of carbonyl (C=O) groups excluding carboxylic acids is 3. The molecule has 1 aromatic rings. The molecule has 7 atom stereocenters. The van der Waals surface area contributed by atoms with E-state index in [2.05, 4.69) is 16.7 Å². The number of hydrogen-bond acceptors (Lipinski definition) is 10. The van der Waals surface area contributed by atoms with Gasteiger partial charge in [0.2, 0.25) is 5.78 Å². The third-order valence-electron chi connectivity index (χ3n) is 9.98. The normalized spacial score (nSPS) is 36.1. The van der Waals surface area contributed by atoms with Gasteiger partial charge in [0.15, 0.2) is 12.4 Å². The Morgan fingerprint density at radius 3 is 2.73 bits per heavy atom. The van der Waals surface area contributed by atoms with Crippen LogP contribution in [0.5, 0.6) is 0 Å². The standard InChI is InChI=1S/C29H34N2O9/c1-27-10-8-20(32)12-17(27)6-7-21-22-9-11-29(36,28(22,2)14-23(33)26(21)27)24(34)16-39-25(35)13-18-4-3-5-19(30-18)15-40-31(37)38/h3-5,8,10,12,21-23,26,33,36H,6-7,9,11,13-16H2,1-2H3/t21-,22-,23?,26+,27-,28-,29-/m0/s1. The number of nitrogens with zero attached hydrogens (tertiary/aromatic N) is 2. The number of ether oxygens (including phenoxy) is 1. The number of allylic oxidation sites excluding steroid dienone is 4. The van der Waals surface area contributed by atoms with E-state index in [1.807, 2.05) is 13.0 Å². The van der Waals surface area contributed by atoms with Crippen LogP contribution in [0, 0.1) is 38.7 Å². The molecule has 1 unspecified atom stereocenters.